The van der Waals surface area contributed by atoms with Crippen LogP contribution < -0.4 is 5.32 Å². The number of rotatable bonds is 4. The van der Waals surface area contributed by atoms with Crippen molar-refractivity contribution in [1.29, 1.82) is 0 Å². The molecule has 0 saturated carbocycles. The predicted octanol–water partition coefficient (Wildman–Crippen LogP) is 2.98. The fourth-order valence-corrected chi connectivity index (χ4v) is 2.75. The number of non-ortho nitro benzene ring substituents is 1. The molecule has 1 aromatic carbocycles. The van der Waals surface area contributed by atoms with Crippen molar-refractivity contribution in [3.63, 3.8) is 0 Å². The quantitative estimate of drug-likeness (QED) is 0.691. The fraction of sp³-hybridized carbons (Fsp3) is 0.400. The van der Waals surface area contributed by atoms with E-state index in [4.69, 9.17) is 4.74 Å². The lowest BCUT2D eigenvalue weighted by Gasteiger charge is -2.16. The summed E-state index contributed by atoms with van der Waals surface area (Å²) >= 11 is 0. The third-order valence-electron chi connectivity index (χ3n) is 4.03. The molecular weight excluding hydrogens is 270 g/mol. The average molecular weight is 287 g/mol. The zero-order valence-electron chi connectivity index (χ0n) is 11.8. The van der Waals surface area contributed by atoms with Gasteiger partial charge in [-0.15, -0.1) is 0 Å². The molecule has 1 aliphatic rings. The van der Waals surface area contributed by atoms with Crippen LogP contribution in [0.25, 0.3) is 10.9 Å². The summed E-state index contributed by atoms with van der Waals surface area (Å²) in [5, 5.41) is 15.2. The molecule has 0 aliphatic carbocycles. The Kier molecular flexibility index (Phi) is 3.70. The molecule has 3 rings (SSSR count). The molecule has 0 radical (unpaired) electrons. The van der Waals surface area contributed by atoms with E-state index in [9.17, 15) is 10.1 Å². The summed E-state index contributed by atoms with van der Waals surface area (Å²) in [6.45, 7) is 3.67. The van der Waals surface area contributed by atoms with E-state index in [1.54, 1.807) is 12.3 Å². The first kappa shape index (κ1) is 13.8. The Morgan fingerprint density at radius 1 is 1.48 bits per heavy atom. The highest BCUT2D eigenvalue weighted by atomic mass is 16.6. The normalized spacial score (nSPS) is 21.6. The molecule has 2 atom stereocenters. The van der Waals surface area contributed by atoms with E-state index >= 15 is 0 Å². The van der Waals surface area contributed by atoms with Crippen molar-refractivity contribution in [2.45, 2.75) is 19.4 Å². The number of hydrogen-bond acceptors (Lipinski definition) is 5. The molecule has 2 aromatic rings. The zero-order chi connectivity index (χ0) is 14.8. The van der Waals surface area contributed by atoms with Crippen molar-refractivity contribution in [1.82, 2.24) is 4.98 Å². The van der Waals surface area contributed by atoms with Crippen molar-refractivity contribution in [2.75, 3.05) is 18.5 Å². The van der Waals surface area contributed by atoms with Gasteiger partial charge >= 0.3 is 0 Å². The number of nitro benzene ring substituents is 1. The van der Waals surface area contributed by atoms with Gasteiger partial charge in [0.1, 0.15) is 5.52 Å². The molecule has 1 saturated heterocycles. The SMILES string of the molecule is CC1OCCC1CNc1ccnc2c([N+](=O)[O-])cccc12. The molecule has 21 heavy (non-hydrogen) atoms. The second kappa shape index (κ2) is 5.65. The first-order chi connectivity index (χ1) is 10.2. The van der Waals surface area contributed by atoms with Gasteiger partial charge in [0.05, 0.1) is 11.0 Å². The minimum absolute atomic E-state index is 0.0358. The van der Waals surface area contributed by atoms with Crippen LogP contribution in [0, 0.1) is 16.0 Å². The maximum Gasteiger partial charge on any atom is 0.295 e. The van der Waals surface area contributed by atoms with E-state index < -0.39 is 4.92 Å². The van der Waals surface area contributed by atoms with Gasteiger partial charge < -0.3 is 10.1 Å². The van der Waals surface area contributed by atoms with Gasteiger partial charge in [-0.3, -0.25) is 10.1 Å². The van der Waals surface area contributed by atoms with E-state index in [2.05, 4.69) is 17.2 Å². The Morgan fingerprint density at radius 3 is 3.05 bits per heavy atom. The second-order valence-electron chi connectivity index (χ2n) is 5.29. The van der Waals surface area contributed by atoms with Crippen LogP contribution in [0.4, 0.5) is 11.4 Å². The van der Waals surface area contributed by atoms with Crippen LogP contribution in [0.2, 0.25) is 0 Å². The van der Waals surface area contributed by atoms with Crippen LogP contribution in [-0.4, -0.2) is 29.2 Å². The highest BCUT2D eigenvalue weighted by molar-refractivity contribution is 5.96. The third-order valence-corrected chi connectivity index (χ3v) is 4.03. The van der Waals surface area contributed by atoms with Crippen LogP contribution in [0.1, 0.15) is 13.3 Å². The van der Waals surface area contributed by atoms with Crippen LogP contribution >= 0.6 is 0 Å². The van der Waals surface area contributed by atoms with Gasteiger partial charge in [-0.2, -0.15) is 0 Å². The Morgan fingerprint density at radius 2 is 2.33 bits per heavy atom. The summed E-state index contributed by atoms with van der Waals surface area (Å²) < 4.78 is 5.55. The fourth-order valence-electron chi connectivity index (χ4n) is 2.75. The molecule has 0 spiro atoms. The standard InChI is InChI=1S/C15H17N3O3/c1-10-11(6-8-21-10)9-17-13-5-7-16-15-12(13)3-2-4-14(15)18(19)20/h2-5,7,10-11H,6,8-9H2,1H3,(H,16,17). The van der Waals surface area contributed by atoms with Crippen LogP contribution in [0.15, 0.2) is 30.5 Å². The molecule has 1 fully saturated rings. The van der Waals surface area contributed by atoms with Crippen LogP contribution in [-0.2, 0) is 4.74 Å². The maximum atomic E-state index is 11.1. The van der Waals surface area contributed by atoms with E-state index in [0.717, 1.165) is 30.6 Å². The first-order valence-corrected chi connectivity index (χ1v) is 7.04. The number of hydrogen-bond donors (Lipinski definition) is 1. The number of fused-ring (bicyclic) bond motifs is 1. The van der Waals surface area contributed by atoms with Crippen molar-refractivity contribution in [2.24, 2.45) is 5.92 Å². The molecule has 0 amide bonds. The lowest BCUT2D eigenvalue weighted by atomic mass is 10.0. The summed E-state index contributed by atoms with van der Waals surface area (Å²) in [6, 6.07) is 6.87. The van der Waals surface area contributed by atoms with E-state index in [-0.39, 0.29) is 11.8 Å². The molecule has 110 valence electrons. The van der Waals surface area contributed by atoms with Crippen LogP contribution in [0.5, 0.6) is 0 Å². The molecule has 1 aliphatic heterocycles. The van der Waals surface area contributed by atoms with Crippen LogP contribution in [0.3, 0.4) is 0 Å². The Hall–Kier alpha value is -2.21. The van der Waals surface area contributed by atoms with Gasteiger partial charge in [0.15, 0.2) is 0 Å². The van der Waals surface area contributed by atoms with Crippen molar-refractivity contribution >= 4 is 22.3 Å². The lowest BCUT2D eigenvalue weighted by molar-refractivity contribution is -0.383. The molecule has 6 nitrogen and oxygen atoms in total. The molecule has 1 N–H and O–H groups in total. The second-order valence-corrected chi connectivity index (χ2v) is 5.29. The molecule has 1 aromatic heterocycles. The molecule has 6 heteroatoms. The number of benzene rings is 1. The zero-order valence-corrected chi connectivity index (χ0v) is 11.8. The molecule has 2 heterocycles. The summed E-state index contributed by atoms with van der Waals surface area (Å²) in [5.41, 5.74) is 1.33. The molecule has 2 unspecified atom stereocenters. The first-order valence-electron chi connectivity index (χ1n) is 7.04. The summed E-state index contributed by atoms with van der Waals surface area (Å²) in [6.07, 6.45) is 2.89. The van der Waals surface area contributed by atoms with Crippen molar-refractivity contribution in [3.05, 3.63) is 40.6 Å². The van der Waals surface area contributed by atoms with Gasteiger partial charge in [0, 0.05) is 42.4 Å². The van der Waals surface area contributed by atoms with Gasteiger partial charge in [-0.05, 0) is 19.4 Å². The number of ether oxygens (including phenoxy) is 1. The monoisotopic (exact) mass is 287 g/mol. The van der Waals surface area contributed by atoms with E-state index in [0.29, 0.717) is 11.4 Å². The summed E-state index contributed by atoms with van der Waals surface area (Å²) in [7, 11) is 0. The number of para-hydroxylation sites is 1. The lowest BCUT2D eigenvalue weighted by Crippen LogP contribution is -2.20. The van der Waals surface area contributed by atoms with E-state index in [1.807, 2.05) is 12.1 Å². The van der Waals surface area contributed by atoms with Gasteiger partial charge in [0.25, 0.3) is 5.69 Å². The summed E-state index contributed by atoms with van der Waals surface area (Å²) in [4.78, 5) is 14.8. The maximum absolute atomic E-state index is 11.1. The molecular formula is C15H17N3O3. The number of anilines is 1. The third kappa shape index (κ3) is 2.67. The Balaban J connectivity index is 1.88. The predicted molar refractivity (Wildman–Crippen MR) is 80.4 cm³/mol. The minimum Gasteiger partial charge on any atom is -0.384 e. The average Bonchev–Trinajstić information content (AvgIpc) is 2.89. The minimum atomic E-state index is -0.397. The van der Waals surface area contributed by atoms with Crippen molar-refractivity contribution < 1.29 is 9.66 Å². The van der Waals surface area contributed by atoms with Gasteiger partial charge in [-0.1, -0.05) is 12.1 Å². The Bertz CT molecular complexity index is 674. The number of aromatic nitrogens is 1. The van der Waals surface area contributed by atoms with Crippen molar-refractivity contribution in [3.8, 4) is 0 Å². The Labute approximate surface area is 122 Å². The van der Waals surface area contributed by atoms with Gasteiger partial charge in [-0.25, -0.2) is 4.98 Å². The number of pyridine rings is 1. The number of nitrogens with one attached hydrogen (secondary N) is 1. The number of nitrogens with zero attached hydrogens (tertiary/aromatic N) is 2. The smallest absolute Gasteiger partial charge is 0.295 e. The van der Waals surface area contributed by atoms with E-state index in [1.165, 1.54) is 6.07 Å². The highest BCUT2D eigenvalue weighted by Gasteiger charge is 2.24. The largest absolute Gasteiger partial charge is 0.384 e. The number of nitro groups is 1. The highest BCUT2D eigenvalue weighted by Crippen LogP contribution is 2.29. The summed E-state index contributed by atoms with van der Waals surface area (Å²) in [5.74, 6) is 0.465. The molecule has 0 bridgehead atoms. The van der Waals surface area contributed by atoms with Gasteiger partial charge in [0.2, 0.25) is 0 Å². The topological polar surface area (TPSA) is 77.3 Å².